The highest BCUT2D eigenvalue weighted by atomic mass is 19.1. The van der Waals surface area contributed by atoms with E-state index in [0.29, 0.717) is 12.2 Å². The lowest BCUT2D eigenvalue weighted by Gasteiger charge is -2.19. The number of rotatable bonds is 7. The molecule has 0 spiro atoms. The number of para-hydroxylation sites is 1. The summed E-state index contributed by atoms with van der Waals surface area (Å²) in [6.07, 6.45) is 0.726. The molecule has 0 bridgehead atoms. The summed E-state index contributed by atoms with van der Waals surface area (Å²) < 4.78 is 19.5. The Balaban J connectivity index is 1.95. The molecule has 0 aliphatic rings. The Labute approximate surface area is 119 Å². The quantitative estimate of drug-likeness (QED) is 0.825. The normalized spacial score (nSPS) is 12.1. The molecule has 1 unspecified atom stereocenters. The highest BCUT2D eigenvalue weighted by Crippen LogP contribution is 2.20. The third kappa shape index (κ3) is 4.07. The summed E-state index contributed by atoms with van der Waals surface area (Å²) in [5.74, 6) is 0.675. The van der Waals surface area contributed by atoms with E-state index < -0.39 is 0 Å². The van der Waals surface area contributed by atoms with Gasteiger partial charge in [-0.25, -0.2) is 4.39 Å². The lowest BCUT2D eigenvalue weighted by atomic mass is 10.0. The standard InChI is InChI=1S/C17H20FNO/c1-2-19-17(15-10-6-7-11-16(15)18)12-13-20-14-8-4-3-5-9-14/h3-11,17,19H,2,12-13H2,1H3. The van der Waals surface area contributed by atoms with Crippen LogP contribution in [0, 0.1) is 5.82 Å². The molecular weight excluding hydrogens is 253 g/mol. The van der Waals surface area contributed by atoms with Crippen molar-refractivity contribution in [2.24, 2.45) is 0 Å². The minimum Gasteiger partial charge on any atom is -0.494 e. The topological polar surface area (TPSA) is 21.3 Å². The van der Waals surface area contributed by atoms with Crippen molar-refractivity contribution in [3.05, 3.63) is 66.0 Å². The van der Waals surface area contributed by atoms with Gasteiger partial charge in [-0.15, -0.1) is 0 Å². The average Bonchev–Trinajstić information content (AvgIpc) is 2.48. The smallest absolute Gasteiger partial charge is 0.127 e. The molecule has 1 atom stereocenters. The largest absolute Gasteiger partial charge is 0.494 e. The van der Waals surface area contributed by atoms with E-state index in [0.717, 1.165) is 18.7 Å². The number of nitrogens with one attached hydrogen (secondary N) is 1. The lowest BCUT2D eigenvalue weighted by Crippen LogP contribution is -2.23. The Bertz CT molecular complexity index is 515. The van der Waals surface area contributed by atoms with Gasteiger partial charge in [0.25, 0.3) is 0 Å². The van der Waals surface area contributed by atoms with Gasteiger partial charge >= 0.3 is 0 Å². The SMILES string of the molecule is CCNC(CCOc1ccccc1)c1ccccc1F. The molecule has 3 heteroatoms. The first kappa shape index (κ1) is 14.5. The van der Waals surface area contributed by atoms with E-state index in [2.05, 4.69) is 5.32 Å². The molecule has 0 aliphatic carbocycles. The average molecular weight is 273 g/mol. The third-order valence-electron chi connectivity index (χ3n) is 3.15. The van der Waals surface area contributed by atoms with E-state index in [4.69, 9.17) is 4.74 Å². The first-order valence-corrected chi connectivity index (χ1v) is 6.97. The van der Waals surface area contributed by atoms with Crippen molar-refractivity contribution < 1.29 is 9.13 Å². The van der Waals surface area contributed by atoms with E-state index in [9.17, 15) is 4.39 Å². The fraction of sp³-hybridized carbons (Fsp3) is 0.294. The second-order valence-electron chi connectivity index (χ2n) is 4.58. The Kier molecular flexibility index (Phi) is 5.56. The molecule has 0 saturated carbocycles. The van der Waals surface area contributed by atoms with Crippen LogP contribution in [-0.2, 0) is 0 Å². The van der Waals surface area contributed by atoms with Crippen molar-refractivity contribution in [1.29, 1.82) is 0 Å². The number of halogens is 1. The summed E-state index contributed by atoms with van der Waals surface area (Å²) in [5.41, 5.74) is 0.700. The lowest BCUT2D eigenvalue weighted by molar-refractivity contribution is 0.285. The van der Waals surface area contributed by atoms with Crippen molar-refractivity contribution in [3.8, 4) is 5.75 Å². The van der Waals surface area contributed by atoms with Crippen molar-refractivity contribution in [2.75, 3.05) is 13.2 Å². The maximum Gasteiger partial charge on any atom is 0.127 e. The maximum absolute atomic E-state index is 13.8. The fourth-order valence-corrected chi connectivity index (χ4v) is 2.18. The van der Waals surface area contributed by atoms with E-state index in [1.54, 1.807) is 6.07 Å². The molecule has 0 fully saturated rings. The fourth-order valence-electron chi connectivity index (χ4n) is 2.18. The van der Waals surface area contributed by atoms with Crippen LogP contribution in [0.4, 0.5) is 4.39 Å². The van der Waals surface area contributed by atoms with Crippen molar-refractivity contribution >= 4 is 0 Å². The van der Waals surface area contributed by atoms with E-state index in [-0.39, 0.29) is 11.9 Å². The summed E-state index contributed by atoms with van der Waals surface area (Å²) in [5, 5.41) is 3.31. The zero-order valence-corrected chi connectivity index (χ0v) is 11.7. The number of benzene rings is 2. The molecule has 0 aliphatic heterocycles. The molecule has 2 aromatic carbocycles. The summed E-state index contributed by atoms with van der Waals surface area (Å²) in [6, 6.07) is 16.5. The van der Waals surface area contributed by atoms with E-state index >= 15 is 0 Å². The number of hydrogen-bond donors (Lipinski definition) is 1. The van der Waals surface area contributed by atoms with Gasteiger partial charge in [0.05, 0.1) is 6.61 Å². The highest BCUT2D eigenvalue weighted by Gasteiger charge is 2.14. The van der Waals surface area contributed by atoms with Crippen LogP contribution >= 0.6 is 0 Å². The molecule has 0 radical (unpaired) electrons. The summed E-state index contributed by atoms with van der Waals surface area (Å²) in [7, 11) is 0. The molecule has 106 valence electrons. The Hall–Kier alpha value is -1.87. The van der Waals surface area contributed by atoms with Gasteiger partial charge < -0.3 is 10.1 Å². The van der Waals surface area contributed by atoms with Crippen LogP contribution in [0.1, 0.15) is 24.9 Å². The third-order valence-corrected chi connectivity index (χ3v) is 3.15. The zero-order chi connectivity index (χ0) is 14.2. The van der Waals surface area contributed by atoms with Gasteiger partial charge in [0, 0.05) is 18.0 Å². The first-order valence-electron chi connectivity index (χ1n) is 6.97. The van der Waals surface area contributed by atoms with E-state index in [1.165, 1.54) is 6.07 Å². The van der Waals surface area contributed by atoms with Gasteiger partial charge in [0.1, 0.15) is 11.6 Å². The van der Waals surface area contributed by atoms with Gasteiger partial charge in [0.2, 0.25) is 0 Å². The first-order chi connectivity index (χ1) is 9.81. The Morgan fingerprint density at radius 2 is 1.75 bits per heavy atom. The number of ether oxygens (including phenoxy) is 1. The minimum absolute atomic E-state index is 0.0232. The van der Waals surface area contributed by atoms with Crippen molar-refractivity contribution in [2.45, 2.75) is 19.4 Å². The van der Waals surface area contributed by atoms with Gasteiger partial charge in [-0.3, -0.25) is 0 Å². The maximum atomic E-state index is 13.8. The molecule has 0 amide bonds. The number of hydrogen-bond acceptors (Lipinski definition) is 2. The predicted molar refractivity (Wildman–Crippen MR) is 79.4 cm³/mol. The van der Waals surface area contributed by atoms with E-state index in [1.807, 2.05) is 49.4 Å². The van der Waals surface area contributed by atoms with Crippen LogP contribution in [0.5, 0.6) is 5.75 Å². The molecule has 20 heavy (non-hydrogen) atoms. The molecule has 2 aromatic rings. The molecule has 2 nitrogen and oxygen atoms in total. The second kappa shape index (κ2) is 7.65. The van der Waals surface area contributed by atoms with Gasteiger partial charge in [-0.2, -0.15) is 0 Å². The van der Waals surface area contributed by atoms with Crippen LogP contribution in [-0.4, -0.2) is 13.2 Å². The summed E-state index contributed by atoms with van der Waals surface area (Å²) in [4.78, 5) is 0. The summed E-state index contributed by atoms with van der Waals surface area (Å²) >= 11 is 0. The molecule has 0 aromatic heterocycles. The monoisotopic (exact) mass is 273 g/mol. The molecule has 0 heterocycles. The minimum atomic E-state index is -0.168. The van der Waals surface area contributed by atoms with Gasteiger partial charge in [0.15, 0.2) is 0 Å². The van der Waals surface area contributed by atoms with Crippen LogP contribution in [0.15, 0.2) is 54.6 Å². The highest BCUT2D eigenvalue weighted by molar-refractivity contribution is 5.22. The van der Waals surface area contributed by atoms with Crippen molar-refractivity contribution in [3.63, 3.8) is 0 Å². The molecule has 1 N–H and O–H groups in total. The molecule has 2 rings (SSSR count). The zero-order valence-electron chi connectivity index (χ0n) is 11.7. The predicted octanol–water partition coefficient (Wildman–Crippen LogP) is 3.95. The van der Waals surface area contributed by atoms with Gasteiger partial charge in [-0.1, -0.05) is 43.3 Å². The van der Waals surface area contributed by atoms with Gasteiger partial charge in [-0.05, 0) is 24.7 Å². The van der Waals surface area contributed by atoms with Crippen LogP contribution < -0.4 is 10.1 Å². The Morgan fingerprint density at radius 1 is 1.05 bits per heavy atom. The second-order valence-corrected chi connectivity index (χ2v) is 4.58. The van der Waals surface area contributed by atoms with Crippen LogP contribution in [0.25, 0.3) is 0 Å². The molecule has 0 saturated heterocycles. The van der Waals surface area contributed by atoms with Crippen LogP contribution in [0.3, 0.4) is 0 Å². The molecular formula is C17H20FNO. The Morgan fingerprint density at radius 3 is 2.45 bits per heavy atom. The van der Waals surface area contributed by atoms with Crippen LogP contribution in [0.2, 0.25) is 0 Å². The summed E-state index contributed by atoms with van der Waals surface area (Å²) in [6.45, 7) is 3.37. The van der Waals surface area contributed by atoms with Crippen molar-refractivity contribution in [1.82, 2.24) is 5.32 Å².